The third-order valence-corrected chi connectivity index (χ3v) is 2.67. The van der Waals surface area contributed by atoms with E-state index in [1.165, 1.54) is 30.3 Å². The molecule has 0 heterocycles. The molecule has 0 saturated carbocycles. The van der Waals surface area contributed by atoms with Crippen molar-refractivity contribution in [2.24, 2.45) is 0 Å². The zero-order chi connectivity index (χ0) is 15.6. The predicted octanol–water partition coefficient (Wildman–Crippen LogP) is 4.06. The molecule has 0 aliphatic carbocycles. The third kappa shape index (κ3) is 3.22. The van der Waals surface area contributed by atoms with Crippen LogP contribution in [0.4, 0.5) is 30.2 Å². The van der Waals surface area contributed by atoms with Crippen molar-refractivity contribution >= 4 is 17.1 Å². The summed E-state index contributed by atoms with van der Waals surface area (Å²) in [7, 11) is 0. The Hall–Kier alpha value is -2.77. The highest BCUT2D eigenvalue weighted by Crippen LogP contribution is 2.40. The lowest BCUT2D eigenvalue weighted by Crippen LogP contribution is -2.10. The normalized spacial score (nSPS) is 11.2. The minimum atomic E-state index is -4.82. The van der Waals surface area contributed by atoms with E-state index in [0.717, 1.165) is 6.07 Å². The Morgan fingerprint density at radius 1 is 1.10 bits per heavy atom. The fourth-order valence-corrected chi connectivity index (χ4v) is 1.77. The Labute approximate surface area is 116 Å². The molecule has 110 valence electrons. The van der Waals surface area contributed by atoms with Crippen LogP contribution >= 0.6 is 0 Å². The Morgan fingerprint density at radius 3 is 2.24 bits per heavy atom. The summed E-state index contributed by atoms with van der Waals surface area (Å²) in [5.74, 6) is -0.0286. The summed E-state index contributed by atoms with van der Waals surface area (Å²) in [6.45, 7) is 0. The van der Waals surface area contributed by atoms with E-state index in [0.29, 0.717) is 11.8 Å². The molecule has 0 atom stereocenters. The first-order valence-corrected chi connectivity index (χ1v) is 5.69. The molecule has 0 saturated heterocycles. The van der Waals surface area contributed by atoms with Crippen LogP contribution in [0, 0.1) is 10.1 Å². The molecule has 0 aromatic heterocycles. The number of rotatable bonds is 3. The van der Waals surface area contributed by atoms with Crippen LogP contribution in [-0.2, 0) is 6.18 Å². The molecule has 0 aliphatic rings. The van der Waals surface area contributed by atoms with Gasteiger partial charge < -0.3 is 10.4 Å². The summed E-state index contributed by atoms with van der Waals surface area (Å²) in [4.78, 5) is 9.88. The molecule has 0 radical (unpaired) electrons. The highest BCUT2D eigenvalue weighted by atomic mass is 19.4. The second kappa shape index (κ2) is 5.31. The Bertz CT molecular complexity index is 669. The molecular weight excluding hydrogens is 289 g/mol. The second-order valence-electron chi connectivity index (χ2n) is 4.13. The van der Waals surface area contributed by atoms with Crippen molar-refractivity contribution < 1.29 is 23.2 Å². The molecule has 0 unspecified atom stereocenters. The van der Waals surface area contributed by atoms with Crippen molar-refractivity contribution in [3.8, 4) is 5.75 Å². The van der Waals surface area contributed by atoms with Crippen LogP contribution in [0.3, 0.4) is 0 Å². The minimum Gasteiger partial charge on any atom is -0.508 e. The maximum atomic E-state index is 12.8. The summed E-state index contributed by atoms with van der Waals surface area (Å²) in [6, 6.07) is 8.31. The maximum Gasteiger partial charge on any atom is 0.423 e. The highest BCUT2D eigenvalue weighted by molar-refractivity contribution is 5.72. The van der Waals surface area contributed by atoms with Crippen LogP contribution in [0.2, 0.25) is 0 Å². The van der Waals surface area contributed by atoms with E-state index in [4.69, 9.17) is 5.11 Å². The van der Waals surface area contributed by atoms with Gasteiger partial charge in [-0.25, -0.2) is 0 Å². The number of hydrogen-bond donors (Lipinski definition) is 2. The number of aromatic hydroxyl groups is 1. The number of anilines is 2. The van der Waals surface area contributed by atoms with Crippen LogP contribution < -0.4 is 5.32 Å². The molecule has 0 spiro atoms. The van der Waals surface area contributed by atoms with Crippen LogP contribution in [0.1, 0.15) is 5.56 Å². The largest absolute Gasteiger partial charge is 0.508 e. The standard InChI is InChI=1S/C13H9F3N2O3/c14-13(15,16)10-2-1-3-11(12(10)18(20)21)17-8-4-6-9(19)7-5-8/h1-7,17,19H. The summed E-state index contributed by atoms with van der Waals surface area (Å²) in [5.41, 5.74) is -2.33. The van der Waals surface area contributed by atoms with E-state index < -0.39 is 22.4 Å². The number of nitro groups is 1. The number of phenols is 1. The van der Waals surface area contributed by atoms with E-state index in [1.807, 2.05) is 0 Å². The molecule has 2 aromatic carbocycles. The molecule has 8 heteroatoms. The topological polar surface area (TPSA) is 75.4 Å². The van der Waals surface area contributed by atoms with Crippen molar-refractivity contribution in [3.05, 3.63) is 58.1 Å². The molecule has 0 amide bonds. The first kappa shape index (κ1) is 14.6. The number of benzene rings is 2. The van der Waals surface area contributed by atoms with Crippen molar-refractivity contribution in [2.75, 3.05) is 5.32 Å². The van der Waals surface area contributed by atoms with Crippen LogP contribution in [0.5, 0.6) is 5.75 Å². The molecule has 2 N–H and O–H groups in total. The van der Waals surface area contributed by atoms with Gasteiger partial charge in [0.25, 0.3) is 0 Å². The highest BCUT2D eigenvalue weighted by Gasteiger charge is 2.39. The summed E-state index contributed by atoms with van der Waals surface area (Å²) >= 11 is 0. The maximum absolute atomic E-state index is 12.8. The average molecular weight is 298 g/mol. The molecular formula is C13H9F3N2O3. The lowest BCUT2D eigenvalue weighted by Gasteiger charge is -2.12. The molecule has 0 bridgehead atoms. The number of halogens is 3. The van der Waals surface area contributed by atoms with Gasteiger partial charge in [0.1, 0.15) is 17.0 Å². The number of nitro benzene ring substituents is 1. The van der Waals surface area contributed by atoms with Crippen molar-refractivity contribution in [3.63, 3.8) is 0 Å². The Kier molecular flexibility index (Phi) is 3.70. The van der Waals surface area contributed by atoms with Crippen molar-refractivity contribution in [1.29, 1.82) is 0 Å². The van der Waals surface area contributed by atoms with Crippen LogP contribution in [-0.4, -0.2) is 10.0 Å². The van der Waals surface area contributed by atoms with Gasteiger partial charge in [0.05, 0.1) is 4.92 Å². The fraction of sp³-hybridized carbons (Fsp3) is 0.0769. The summed E-state index contributed by atoms with van der Waals surface area (Å²) < 4.78 is 38.4. The van der Waals surface area contributed by atoms with E-state index >= 15 is 0 Å². The molecule has 0 fully saturated rings. The Balaban J connectivity index is 2.48. The number of nitrogens with one attached hydrogen (secondary N) is 1. The second-order valence-corrected chi connectivity index (χ2v) is 4.13. The molecule has 2 rings (SSSR count). The van der Waals surface area contributed by atoms with Crippen LogP contribution in [0.15, 0.2) is 42.5 Å². The average Bonchev–Trinajstić information content (AvgIpc) is 2.40. The van der Waals surface area contributed by atoms with Crippen molar-refractivity contribution in [2.45, 2.75) is 6.18 Å². The molecule has 2 aromatic rings. The Morgan fingerprint density at radius 2 is 1.71 bits per heavy atom. The first-order chi connectivity index (χ1) is 9.79. The molecule has 0 aliphatic heterocycles. The predicted molar refractivity (Wildman–Crippen MR) is 69.5 cm³/mol. The molecule has 5 nitrogen and oxygen atoms in total. The van der Waals surface area contributed by atoms with Gasteiger partial charge in [-0.1, -0.05) is 6.07 Å². The SMILES string of the molecule is O=[N+]([O-])c1c(Nc2ccc(O)cc2)cccc1C(F)(F)F. The van der Waals surface area contributed by atoms with Gasteiger partial charge >= 0.3 is 11.9 Å². The number of hydrogen-bond acceptors (Lipinski definition) is 4. The lowest BCUT2D eigenvalue weighted by atomic mass is 10.1. The third-order valence-electron chi connectivity index (χ3n) is 2.67. The van der Waals surface area contributed by atoms with Gasteiger partial charge in [-0.05, 0) is 36.4 Å². The summed E-state index contributed by atoms with van der Waals surface area (Å²) in [5, 5.41) is 22.6. The van der Waals surface area contributed by atoms with E-state index in [2.05, 4.69) is 5.32 Å². The van der Waals surface area contributed by atoms with E-state index in [9.17, 15) is 23.3 Å². The smallest absolute Gasteiger partial charge is 0.423 e. The first-order valence-electron chi connectivity index (χ1n) is 5.69. The number of nitrogens with zero attached hydrogens (tertiary/aromatic N) is 1. The van der Waals surface area contributed by atoms with E-state index in [1.54, 1.807) is 0 Å². The van der Waals surface area contributed by atoms with Crippen LogP contribution in [0.25, 0.3) is 0 Å². The lowest BCUT2D eigenvalue weighted by molar-refractivity contribution is -0.387. The monoisotopic (exact) mass is 298 g/mol. The van der Waals surface area contributed by atoms with Crippen molar-refractivity contribution in [1.82, 2.24) is 0 Å². The minimum absolute atomic E-state index is 0.0286. The van der Waals surface area contributed by atoms with Gasteiger partial charge in [-0.15, -0.1) is 0 Å². The number of alkyl halides is 3. The number of phenolic OH excluding ortho intramolecular Hbond substituents is 1. The zero-order valence-corrected chi connectivity index (χ0v) is 10.4. The quantitative estimate of drug-likeness (QED) is 0.509. The van der Waals surface area contributed by atoms with E-state index in [-0.39, 0.29) is 11.4 Å². The molecule has 21 heavy (non-hydrogen) atoms. The zero-order valence-electron chi connectivity index (χ0n) is 10.4. The fourth-order valence-electron chi connectivity index (χ4n) is 1.77. The summed E-state index contributed by atoms with van der Waals surface area (Å²) in [6.07, 6.45) is -4.82. The van der Waals surface area contributed by atoms with Gasteiger partial charge in [-0.3, -0.25) is 10.1 Å². The van der Waals surface area contributed by atoms with Gasteiger partial charge in [0, 0.05) is 5.69 Å². The van der Waals surface area contributed by atoms with Gasteiger partial charge in [0.15, 0.2) is 0 Å². The van der Waals surface area contributed by atoms with Gasteiger partial charge in [-0.2, -0.15) is 13.2 Å². The van der Waals surface area contributed by atoms with Gasteiger partial charge in [0.2, 0.25) is 0 Å². The number of para-hydroxylation sites is 1.